The van der Waals surface area contributed by atoms with E-state index < -0.39 is 0 Å². The second-order valence-electron chi connectivity index (χ2n) is 5.92. The summed E-state index contributed by atoms with van der Waals surface area (Å²) < 4.78 is 0. The van der Waals surface area contributed by atoms with E-state index in [1.807, 2.05) is 38.1 Å². The zero-order valence-corrected chi connectivity index (χ0v) is 14.1. The summed E-state index contributed by atoms with van der Waals surface area (Å²) in [5.41, 5.74) is 1.71. The summed E-state index contributed by atoms with van der Waals surface area (Å²) in [6, 6.07) is 7.51. The Labute approximate surface area is 138 Å². The number of benzene rings is 1. The van der Waals surface area contributed by atoms with Crippen molar-refractivity contribution in [3.05, 3.63) is 35.4 Å². The smallest absolute Gasteiger partial charge is 0.253 e. The third kappa shape index (κ3) is 4.79. The van der Waals surface area contributed by atoms with Crippen molar-refractivity contribution in [1.29, 1.82) is 0 Å². The molecule has 126 valence electrons. The lowest BCUT2D eigenvalue weighted by atomic mass is 9.97. The minimum Gasteiger partial charge on any atom is -0.352 e. The van der Waals surface area contributed by atoms with Crippen molar-refractivity contribution in [2.24, 2.45) is 5.92 Å². The van der Waals surface area contributed by atoms with E-state index in [9.17, 15) is 9.59 Å². The van der Waals surface area contributed by atoms with Crippen molar-refractivity contribution in [3.63, 3.8) is 0 Å². The van der Waals surface area contributed by atoms with E-state index in [-0.39, 0.29) is 17.7 Å². The SMILES string of the molecule is CCN(CC)C(=O)c1ccc(CNC(=O)C2CCNCC2)cc1. The predicted molar refractivity (Wildman–Crippen MR) is 91.1 cm³/mol. The number of nitrogens with one attached hydrogen (secondary N) is 2. The maximum atomic E-state index is 12.2. The van der Waals surface area contributed by atoms with Crippen LogP contribution < -0.4 is 10.6 Å². The molecule has 1 heterocycles. The van der Waals surface area contributed by atoms with E-state index in [0.29, 0.717) is 25.2 Å². The quantitative estimate of drug-likeness (QED) is 0.841. The van der Waals surface area contributed by atoms with Crippen LogP contribution in [0.1, 0.15) is 42.6 Å². The number of hydrogen-bond donors (Lipinski definition) is 2. The Kier molecular flexibility index (Phi) is 6.59. The fourth-order valence-corrected chi connectivity index (χ4v) is 2.88. The number of amides is 2. The molecule has 1 aliphatic rings. The largest absolute Gasteiger partial charge is 0.352 e. The molecule has 0 saturated carbocycles. The van der Waals surface area contributed by atoms with Crippen LogP contribution in [0.4, 0.5) is 0 Å². The fraction of sp³-hybridized carbons (Fsp3) is 0.556. The van der Waals surface area contributed by atoms with Crippen LogP contribution >= 0.6 is 0 Å². The molecule has 1 fully saturated rings. The number of piperidine rings is 1. The highest BCUT2D eigenvalue weighted by Crippen LogP contribution is 2.12. The number of carbonyl (C=O) groups is 2. The van der Waals surface area contributed by atoms with Gasteiger partial charge in [-0.1, -0.05) is 12.1 Å². The predicted octanol–water partition coefficient (Wildman–Crippen LogP) is 1.78. The van der Waals surface area contributed by atoms with Crippen LogP contribution in [-0.2, 0) is 11.3 Å². The van der Waals surface area contributed by atoms with Gasteiger partial charge in [-0.05, 0) is 57.5 Å². The van der Waals surface area contributed by atoms with Gasteiger partial charge in [0.1, 0.15) is 0 Å². The van der Waals surface area contributed by atoms with Crippen LogP contribution in [0.3, 0.4) is 0 Å². The zero-order chi connectivity index (χ0) is 16.7. The molecule has 0 atom stereocenters. The highest BCUT2D eigenvalue weighted by molar-refractivity contribution is 5.94. The van der Waals surface area contributed by atoms with Crippen LogP contribution in [-0.4, -0.2) is 42.9 Å². The van der Waals surface area contributed by atoms with E-state index in [2.05, 4.69) is 10.6 Å². The van der Waals surface area contributed by atoms with Gasteiger partial charge in [-0.25, -0.2) is 0 Å². The topological polar surface area (TPSA) is 61.4 Å². The zero-order valence-electron chi connectivity index (χ0n) is 14.1. The first kappa shape index (κ1) is 17.5. The molecule has 1 aromatic rings. The van der Waals surface area contributed by atoms with Gasteiger partial charge >= 0.3 is 0 Å². The summed E-state index contributed by atoms with van der Waals surface area (Å²) in [6.07, 6.45) is 1.81. The molecule has 0 spiro atoms. The van der Waals surface area contributed by atoms with Gasteiger partial charge in [-0.3, -0.25) is 9.59 Å². The summed E-state index contributed by atoms with van der Waals surface area (Å²) in [5, 5.41) is 6.26. The molecule has 5 nitrogen and oxygen atoms in total. The monoisotopic (exact) mass is 317 g/mol. The van der Waals surface area contributed by atoms with Crippen LogP contribution in [0.25, 0.3) is 0 Å². The Morgan fingerprint density at radius 3 is 2.30 bits per heavy atom. The second kappa shape index (κ2) is 8.67. The number of rotatable bonds is 6. The highest BCUT2D eigenvalue weighted by Gasteiger charge is 2.20. The van der Waals surface area contributed by atoms with Gasteiger partial charge in [0.25, 0.3) is 5.91 Å². The first-order valence-corrected chi connectivity index (χ1v) is 8.52. The van der Waals surface area contributed by atoms with Crippen molar-refractivity contribution in [2.75, 3.05) is 26.2 Å². The fourth-order valence-electron chi connectivity index (χ4n) is 2.88. The molecule has 1 aliphatic heterocycles. The lowest BCUT2D eigenvalue weighted by molar-refractivity contribution is -0.125. The van der Waals surface area contributed by atoms with E-state index in [1.54, 1.807) is 4.90 Å². The maximum Gasteiger partial charge on any atom is 0.253 e. The molecular weight excluding hydrogens is 290 g/mol. The van der Waals surface area contributed by atoms with Crippen molar-refractivity contribution in [3.8, 4) is 0 Å². The lowest BCUT2D eigenvalue weighted by Crippen LogP contribution is -2.37. The molecule has 0 aromatic heterocycles. The van der Waals surface area contributed by atoms with Crippen LogP contribution in [0.2, 0.25) is 0 Å². The molecule has 2 rings (SSSR count). The van der Waals surface area contributed by atoms with Gasteiger partial charge in [0.2, 0.25) is 5.91 Å². The first-order chi connectivity index (χ1) is 11.2. The molecule has 1 aromatic carbocycles. The highest BCUT2D eigenvalue weighted by atomic mass is 16.2. The van der Waals surface area contributed by atoms with E-state index in [1.165, 1.54) is 0 Å². The normalized spacial score (nSPS) is 15.2. The summed E-state index contributed by atoms with van der Waals surface area (Å²) in [6.45, 7) is 7.73. The first-order valence-electron chi connectivity index (χ1n) is 8.52. The molecule has 2 N–H and O–H groups in total. The van der Waals surface area contributed by atoms with Crippen LogP contribution in [0.15, 0.2) is 24.3 Å². The molecule has 0 bridgehead atoms. The Morgan fingerprint density at radius 1 is 1.13 bits per heavy atom. The second-order valence-corrected chi connectivity index (χ2v) is 5.92. The number of hydrogen-bond acceptors (Lipinski definition) is 3. The van der Waals surface area contributed by atoms with Gasteiger partial charge in [0.15, 0.2) is 0 Å². The Balaban J connectivity index is 1.87. The molecule has 0 radical (unpaired) electrons. The molecule has 1 saturated heterocycles. The van der Waals surface area contributed by atoms with Gasteiger partial charge in [-0.2, -0.15) is 0 Å². The summed E-state index contributed by atoms with van der Waals surface area (Å²) in [7, 11) is 0. The average Bonchev–Trinajstić information content (AvgIpc) is 2.61. The van der Waals surface area contributed by atoms with Crippen LogP contribution in [0, 0.1) is 5.92 Å². The van der Waals surface area contributed by atoms with Gasteiger partial charge < -0.3 is 15.5 Å². The molecule has 2 amide bonds. The molecule has 23 heavy (non-hydrogen) atoms. The standard InChI is InChI=1S/C18H27N3O2/c1-3-21(4-2)18(23)16-7-5-14(6-8-16)13-20-17(22)15-9-11-19-12-10-15/h5-8,15,19H,3-4,9-13H2,1-2H3,(H,20,22). The summed E-state index contributed by atoms with van der Waals surface area (Å²) in [4.78, 5) is 26.2. The third-order valence-electron chi connectivity index (χ3n) is 4.43. The van der Waals surface area contributed by atoms with E-state index in [4.69, 9.17) is 0 Å². The Bertz CT molecular complexity index is 518. The Hall–Kier alpha value is -1.88. The minimum atomic E-state index is 0.0558. The minimum absolute atomic E-state index is 0.0558. The van der Waals surface area contributed by atoms with Crippen molar-refractivity contribution < 1.29 is 9.59 Å². The maximum absolute atomic E-state index is 12.2. The van der Waals surface area contributed by atoms with Crippen molar-refractivity contribution >= 4 is 11.8 Å². The Morgan fingerprint density at radius 2 is 1.74 bits per heavy atom. The summed E-state index contributed by atoms with van der Waals surface area (Å²) >= 11 is 0. The molecule has 0 unspecified atom stereocenters. The van der Waals surface area contributed by atoms with Gasteiger partial charge in [0, 0.05) is 31.1 Å². The average molecular weight is 317 g/mol. The van der Waals surface area contributed by atoms with Crippen molar-refractivity contribution in [1.82, 2.24) is 15.5 Å². The molecule has 0 aliphatic carbocycles. The lowest BCUT2D eigenvalue weighted by Gasteiger charge is -2.21. The van der Waals surface area contributed by atoms with E-state index >= 15 is 0 Å². The number of nitrogens with zero attached hydrogens (tertiary/aromatic N) is 1. The van der Waals surface area contributed by atoms with Crippen molar-refractivity contribution in [2.45, 2.75) is 33.2 Å². The number of carbonyl (C=O) groups excluding carboxylic acids is 2. The van der Waals surface area contributed by atoms with Crippen LogP contribution in [0.5, 0.6) is 0 Å². The van der Waals surface area contributed by atoms with Gasteiger partial charge in [0.05, 0.1) is 0 Å². The third-order valence-corrected chi connectivity index (χ3v) is 4.43. The summed E-state index contributed by atoms with van der Waals surface area (Å²) in [5.74, 6) is 0.315. The molecule has 5 heteroatoms. The van der Waals surface area contributed by atoms with E-state index in [0.717, 1.165) is 31.5 Å². The van der Waals surface area contributed by atoms with Gasteiger partial charge in [-0.15, -0.1) is 0 Å². The molecular formula is C18H27N3O2.